The van der Waals surface area contributed by atoms with Crippen molar-refractivity contribution in [3.05, 3.63) is 54.1 Å². The van der Waals surface area contributed by atoms with E-state index in [0.29, 0.717) is 11.1 Å². The smallest absolute Gasteiger partial charge is 0.354 e. The predicted octanol–water partition coefficient (Wildman–Crippen LogP) is 2.61. The summed E-state index contributed by atoms with van der Waals surface area (Å²) in [6.45, 7) is 0. The second-order valence-corrected chi connectivity index (χ2v) is 4.24. The van der Waals surface area contributed by atoms with E-state index in [1.807, 2.05) is 0 Å². The molecule has 21 heavy (non-hydrogen) atoms. The number of anilines is 2. The molecular weight excluding hydrogens is 275 g/mol. The van der Waals surface area contributed by atoms with Crippen LogP contribution >= 0.6 is 0 Å². The van der Waals surface area contributed by atoms with Crippen molar-refractivity contribution in [3.63, 3.8) is 0 Å². The van der Waals surface area contributed by atoms with Gasteiger partial charge in [0.15, 0.2) is 11.3 Å². The zero-order valence-corrected chi connectivity index (χ0v) is 10.6. The van der Waals surface area contributed by atoms with Crippen molar-refractivity contribution in [1.82, 2.24) is 15.0 Å². The van der Waals surface area contributed by atoms with Crippen molar-refractivity contribution in [2.75, 3.05) is 5.32 Å². The summed E-state index contributed by atoms with van der Waals surface area (Å²) in [4.78, 5) is 23.1. The Hall–Kier alpha value is -3.09. The highest BCUT2D eigenvalue weighted by atomic mass is 19.1. The molecule has 2 heterocycles. The van der Waals surface area contributed by atoms with E-state index >= 15 is 0 Å². The van der Waals surface area contributed by atoms with Crippen LogP contribution < -0.4 is 5.32 Å². The second kappa shape index (κ2) is 5.12. The highest BCUT2D eigenvalue weighted by Crippen LogP contribution is 2.16. The van der Waals surface area contributed by atoms with Gasteiger partial charge in [-0.25, -0.2) is 19.2 Å². The maximum absolute atomic E-state index is 12.8. The topological polar surface area (TPSA) is 88.0 Å². The fourth-order valence-electron chi connectivity index (χ4n) is 1.75. The van der Waals surface area contributed by atoms with E-state index in [2.05, 4.69) is 20.3 Å². The van der Waals surface area contributed by atoms with Gasteiger partial charge in [-0.3, -0.25) is 0 Å². The Labute approximate surface area is 118 Å². The Morgan fingerprint density at radius 3 is 2.57 bits per heavy atom. The molecule has 0 aliphatic rings. The lowest BCUT2D eigenvalue weighted by Crippen LogP contribution is -2.02. The van der Waals surface area contributed by atoms with Crippen LogP contribution in [0.1, 0.15) is 10.5 Å². The average molecular weight is 284 g/mol. The molecule has 6 nitrogen and oxygen atoms in total. The van der Waals surface area contributed by atoms with Gasteiger partial charge in [0.05, 0.1) is 0 Å². The van der Waals surface area contributed by atoms with Gasteiger partial charge in [-0.15, -0.1) is 0 Å². The number of nitrogens with zero attached hydrogens (tertiary/aromatic N) is 3. The van der Waals surface area contributed by atoms with Crippen LogP contribution in [0.25, 0.3) is 11.0 Å². The standard InChI is InChI=1S/C14H9FN4O2/c15-9-2-4-10(5-3-9)17-14-16-7-8-1-6-11(13(20)21)18-12(8)19-14/h1-7H,(H,20,21)(H,16,17,18,19). The van der Waals surface area contributed by atoms with Crippen molar-refractivity contribution < 1.29 is 14.3 Å². The molecule has 0 saturated heterocycles. The molecule has 7 heteroatoms. The van der Waals surface area contributed by atoms with Gasteiger partial charge in [0.1, 0.15) is 5.82 Å². The SMILES string of the molecule is O=C(O)c1ccc2cnc(Nc3ccc(F)cc3)nc2n1. The summed E-state index contributed by atoms with van der Waals surface area (Å²) in [6, 6.07) is 8.69. The minimum Gasteiger partial charge on any atom is -0.477 e. The second-order valence-electron chi connectivity index (χ2n) is 4.24. The Bertz CT molecular complexity index is 821. The van der Waals surface area contributed by atoms with Crippen LogP contribution in [0, 0.1) is 5.82 Å². The Balaban J connectivity index is 1.95. The van der Waals surface area contributed by atoms with E-state index in [4.69, 9.17) is 5.11 Å². The van der Waals surface area contributed by atoms with E-state index in [1.54, 1.807) is 18.2 Å². The average Bonchev–Trinajstić information content (AvgIpc) is 2.49. The lowest BCUT2D eigenvalue weighted by atomic mass is 10.3. The first-order chi connectivity index (χ1) is 10.1. The van der Waals surface area contributed by atoms with Gasteiger partial charge >= 0.3 is 5.97 Å². The van der Waals surface area contributed by atoms with E-state index in [0.717, 1.165) is 0 Å². The van der Waals surface area contributed by atoms with Crippen LogP contribution in [0.15, 0.2) is 42.6 Å². The zero-order chi connectivity index (χ0) is 14.8. The molecular formula is C14H9FN4O2. The van der Waals surface area contributed by atoms with Crippen LogP contribution in [0.5, 0.6) is 0 Å². The highest BCUT2D eigenvalue weighted by molar-refractivity contribution is 5.88. The van der Waals surface area contributed by atoms with E-state index in [9.17, 15) is 9.18 Å². The van der Waals surface area contributed by atoms with Crippen LogP contribution in [0.3, 0.4) is 0 Å². The third-order valence-electron chi connectivity index (χ3n) is 2.76. The number of aromatic nitrogens is 3. The monoisotopic (exact) mass is 284 g/mol. The molecule has 104 valence electrons. The lowest BCUT2D eigenvalue weighted by molar-refractivity contribution is 0.0691. The van der Waals surface area contributed by atoms with Gasteiger partial charge in [-0.05, 0) is 36.4 Å². The minimum absolute atomic E-state index is 0.0890. The van der Waals surface area contributed by atoms with Crippen molar-refractivity contribution in [2.45, 2.75) is 0 Å². The normalized spacial score (nSPS) is 10.5. The third-order valence-corrected chi connectivity index (χ3v) is 2.76. The number of benzene rings is 1. The van der Waals surface area contributed by atoms with Gasteiger partial charge in [0, 0.05) is 17.3 Å². The fraction of sp³-hybridized carbons (Fsp3) is 0. The largest absolute Gasteiger partial charge is 0.477 e. The number of nitrogens with one attached hydrogen (secondary N) is 1. The summed E-state index contributed by atoms with van der Waals surface area (Å²) in [7, 11) is 0. The van der Waals surface area contributed by atoms with E-state index < -0.39 is 5.97 Å². The molecule has 0 spiro atoms. The number of aromatic carboxylic acids is 1. The number of hydrogen-bond donors (Lipinski definition) is 2. The van der Waals surface area contributed by atoms with Crippen molar-refractivity contribution in [3.8, 4) is 0 Å². The number of carbonyl (C=O) groups is 1. The first-order valence-corrected chi connectivity index (χ1v) is 6.01. The Morgan fingerprint density at radius 1 is 1.10 bits per heavy atom. The van der Waals surface area contributed by atoms with Crippen LogP contribution in [-0.2, 0) is 0 Å². The predicted molar refractivity (Wildman–Crippen MR) is 74.0 cm³/mol. The number of fused-ring (bicyclic) bond motifs is 1. The molecule has 0 aliphatic heterocycles. The van der Waals surface area contributed by atoms with Gasteiger partial charge < -0.3 is 10.4 Å². The molecule has 0 saturated carbocycles. The molecule has 0 fully saturated rings. The number of carboxylic acid groups (broad SMARTS) is 1. The summed E-state index contributed by atoms with van der Waals surface area (Å²) >= 11 is 0. The van der Waals surface area contributed by atoms with Gasteiger partial charge in [-0.1, -0.05) is 0 Å². The molecule has 2 N–H and O–H groups in total. The number of pyridine rings is 1. The van der Waals surface area contributed by atoms with Gasteiger partial charge in [0.25, 0.3) is 0 Å². The third kappa shape index (κ3) is 2.76. The summed E-state index contributed by atoms with van der Waals surface area (Å²) in [5.74, 6) is -1.21. The van der Waals surface area contributed by atoms with Crippen LogP contribution in [-0.4, -0.2) is 26.0 Å². The molecule has 1 aromatic carbocycles. The van der Waals surface area contributed by atoms with E-state index in [1.165, 1.54) is 24.4 Å². The molecule has 0 bridgehead atoms. The quantitative estimate of drug-likeness (QED) is 0.768. The summed E-state index contributed by atoms with van der Waals surface area (Å²) in [6.07, 6.45) is 1.53. The molecule has 0 radical (unpaired) electrons. The van der Waals surface area contributed by atoms with Gasteiger partial charge in [0.2, 0.25) is 5.95 Å². The van der Waals surface area contributed by atoms with Crippen molar-refractivity contribution in [2.24, 2.45) is 0 Å². The number of hydrogen-bond acceptors (Lipinski definition) is 5. The van der Waals surface area contributed by atoms with Crippen LogP contribution in [0.4, 0.5) is 16.0 Å². The maximum atomic E-state index is 12.8. The summed E-state index contributed by atoms with van der Waals surface area (Å²) in [5.41, 5.74) is 0.800. The summed E-state index contributed by atoms with van der Waals surface area (Å²) in [5, 5.41) is 12.4. The Morgan fingerprint density at radius 2 is 1.86 bits per heavy atom. The zero-order valence-electron chi connectivity index (χ0n) is 10.6. The first kappa shape index (κ1) is 12.9. The molecule has 0 amide bonds. The molecule has 0 atom stereocenters. The molecule has 0 unspecified atom stereocenters. The Kier molecular flexibility index (Phi) is 3.15. The first-order valence-electron chi connectivity index (χ1n) is 6.01. The van der Waals surface area contributed by atoms with Crippen molar-refractivity contribution in [1.29, 1.82) is 0 Å². The highest BCUT2D eigenvalue weighted by Gasteiger charge is 2.07. The van der Waals surface area contributed by atoms with Crippen molar-refractivity contribution >= 4 is 28.6 Å². The molecule has 0 aliphatic carbocycles. The maximum Gasteiger partial charge on any atom is 0.354 e. The lowest BCUT2D eigenvalue weighted by Gasteiger charge is -2.05. The molecule has 2 aromatic heterocycles. The molecule has 3 rings (SSSR count). The summed E-state index contributed by atoms with van der Waals surface area (Å²) < 4.78 is 12.8. The van der Waals surface area contributed by atoms with Gasteiger partial charge in [-0.2, -0.15) is 4.98 Å². The number of carboxylic acids is 1. The molecule has 3 aromatic rings. The minimum atomic E-state index is -1.12. The number of halogens is 1. The fourth-order valence-corrected chi connectivity index (χ4v) is 1.75. The van der Waals surface area contributed by atoms with E-state index in [-0.39, 0.29) is 23.1 Å². The number of rotatable bonds is 3. The van der Waals surface area contributed by atoms with Crippen LogP contribution in [0.2, 0.25) is 0 Å².